The highest BCUT2D eigenvalue weighted by Crippen LogP contribution is 2.46. The van der Waals surface area contributed by atoms with Crippen molar-refractivity contribution >= 4 is 11.8 Å². The standard InChI is InChI=1S/C16H25NS/c1-5-9-17-16-13-10-12(11(3)4)7-8-15(13)18-14(16)6-2/h7-8,10-11,14,16-17H,5-6,9H2,1-4H3. The van der Waals surface area contributed by atoms with Crippen LogP contribution in [0.1, 0.15) is 63.6 Å². The van der Waals surface area contributed by atoms with Gasteiger partial charge in [0, 0.05) is 16.2 Å². The summed E-state index contributed by atoms with van der Waals surface area (Å²) in [5, 5.41) is 4.44. The average Bonchev–Trinajstić information content (AvgIpc) is 2.73. The van der Waals surface area contributed by atoms with Crippen LogP contribution in [0.25, 0.3) is 0 Å². The Balaban J connectivity index is 2.27. The summed E-state index contributed by atoms with van der Waals surface area (Å²) in [4.78, 5) is 1.49. The van der Waals surface area contributed by atoms with Gasteiger partial charge in [-0.15, -0.1) is 11.8 Å². The molecule has 0 aliphatic carbocycles. The van der Waals surface area contributed by atoms with Gasteiger partial charge in [0.2, 0.25) is 0 Å². The number of benzene rings is 1. The topological polar surface area (TPSA) is 12.0 Å². The number of rotatable bonds is 5. The number of hydrogen-bond acceptors (Lipinski definition) is 2. The normalized spacial score (nSPS) is 22.5. The molecule has 2 atom stereocenters. The Hall–Kier alpha value is -0.470. The molecule has 0 fully saturated rings. The van der Waals surface area contributed by atoms with Crippen LogP contribution >= 0.6 is 11.8 Å². The van der Waals surface area contributed by atoms with Crippen molar-refractivity contribution in [3.63, 3.8) is 0 Å². The van der Waals surface area contributed by atoms with Crippen molar-refractivity contribution < 1.29 is 0 Å². The largest absolute Gasteiger partial charge is 0.309 e. The van der Waals surface area contributed by atoms with Gasteiger partial charge in [-0.2, -0.15) is 0 Å². The summed E-state index contributed by atoms with van der Waals surface area (Å²) < 4.78 is 0. The maximum absolute atomic E-state index is 3.73. The number of fused-ring (bicyclic) bond motifs is 1. The SMILES string of the molecule is CCCNC1c2cc(C(C)C)ccc2SC1CC. The molecule has 0 aromatic heterocycles. The third-order valence-corrected chi connectivity index (χ3v) is 5.24. The Bertz CT molecular complexity index is 400. The monoisotopic (exact) mass is 263 g/mol. The van der Waals surface area contributed by atoms with E-state index in [1.165, 1.54) is 28.9 Å². The van der Waals surface area contributed by atoms with Gasteiger partial charge in [-0.05, 0) is 42.5 Å². The fraction of sp³-hybridized carbons (Fsp3) is 0.625. The molecule has 1 aliphatic rings. The molecule has 1 aromatic carbocycles. The minimum atomic E-state index is 0.550. The van der Waals surface area contributed by atoms with Crippen LogP contribution in [-0.4, -0.2) is 11.8 Å². The zero-order valence-electron chi connectivity index (χ0n) is 12.0. The van der Waals surface area contributed by atoms with Gasteiger partial charge in [0.1, 0.15) is 0 Å². The van der Waals surface area contributed by atoms with E-state index < -0.39 is 0 Å². The lowest BCUT2D eigenvalue weighted by molar-refractivity contribution is 0.510. The van der Waals surface area contributed by atoms with Gasteiger partial charge in [-0.1, -0.05) is 39.8 Å². The molecule has 0 saturated carbocycles. The van der Waals surface area contributed by atoms with E-state index in [2.05, 4.69) is 63.0 Å². The lowest BCUT2D eigenvalue weighted by Gasteiger charge is -2.20. The highest BCUT2D eigenvalue weighted by atomic mass is 32.2. The highest BCUT2D eigenvalue weighted by Gasteiger charge is 2.31. The van der Waals surface area contributed by atoms with E-state index >= 15 is 0 Å². The molecule has 0 bridgehead atoms. The van der Waals surface area contributed by atoms with Crippen LogP contribution in [0.2, 0.25) is 0 Å². The first-order valence-corrected chi connectivity index (χ1v) is 8.09. The maximum Gasteiger partial charge on any atom is 0.0455 e. The molecule has 1 aliphatic heterocycles. The molecule has 0 amide bonds. The Labute approximate surface area is 116 Å². The molecule has 2 rings (SSSR count). The van der Waals surface area contributed by atoms with Gasteiger partial charge >= 0.3 is 0 Å². The summed E-state index contributed by atoms with van der Waals surface area (Å²) in [6.07, 6.45) is 2.44. The minimum Gasteiger partial charge on any atom is -0.309 e. The van der Waals surface area contributed by atoms with Crippen molar-refractivity contribution in [3.8, 4) is 0 Å². The van der Waals surface area contributed by atoms with Gasteiger partial charge in [0.15, 0.2) is 0 Å². The van der Waals surface area contributed by atoms with Gasteiger partial charge in [-0.25, -0.2) is 0 Å². The van der Waals surface area contributed by atoms with E-state index in [-0.39, 0.29) is 0 Å². The van der Waals surface area contributed by atoms with Crippen molar-refractivity contribution in [2.45, 2.75) is 62.6 Å². The van der Waals surface area contributed by atoms with Crippen LogP contribution in [0, 0.1) is 0 Å². The Morgan fingerprint density at radius 2 is 2.06 bits per heavy atom. The molecular weight excluding hydrogens is 238 g/mol. The van der Waals surface area contributed by atoms with Crippen LogP contribution < -0.4 is 5.32 Å². The molecule has 0 radical (unpaired) electrons. The molecule has 1 nitrogen and oxygen atoms in total. The maximum atomic E-state index is 3.73. The molecule has 2 unspecified atom stereocenters. The quantitative estimate of drug-likeness (QED) is 0.824. The molecule has 0 saturated heterocycles. The first-order chi connectivity index (χ1) is 8.67. The summed E-state index contributed by atoms with van der Waals surface area (Å²) in [7, 11) is 0. The summed E-state index contributed by atoms with van der Waals surface area (Å²) in [6, 6.07) is 7.60. The van der Waals surface area contributed by atoms with Gasteiger partial charge in [0.25, 0.3) is 0 Å². The molecule has 0 spiro atoms. The fourth-order valence-electron chi connectivity index (χ4n) is 2.57. The number of thioether (sulfide) groups is 1. The summed E-state index contributed by atoms with van der Waals surface area (Å²) in [5.74, 6) is 0.618. The second kappa shape index (κ2) is 6.12. The Morgan fingerprint density at radius 3 is 2.67 bits per heavy atom. The van der Waals surface area contributed by atoms with E-state index in [1.54, 1.807) is 0 Å². The van der Waals surface area contributed by atoms with E-state index in [4.69, 9.17) is 0 Å². The second-order valence-electron chi connectivity index (χ2n) is 5.45. The summed E-state index contributed by atoms with van der Waals surface area (Å²) >= 11 is 2.05. The first-order valence-electron chi connectivity index (χ1n) is 7.21. The molecule has 1 heterocycles. The van der Waals surface area contributed by atoms with Crippen molar-refractivity contribution in [2.75, 3.05) is 6.54 Å². The van der Waals surface area contributed by atoms with Crippen LogP contribution in [-0.2, 0) is 0 Å². The predicted molar refractivity (Wildman–Crippen MR) is 81.5 cm³/mol. The van der Waals surface area contributed by atoms with Crippen molar-refractivity contribution in [1.82, 2.24) is 5.32 Å². The first kappa shape index (κ1) is 14.0. The number of hydrogen-bond donors (Lipinski definition) is 1. The highest BCUT2D eigenvalue weighted by molar-refractivity contribution is 8.00. The van der Waals surface area contributed by atoms with E-state index in [0.29, 0.717) is 17.2 Å². The van der Waals surface area contributed by atoms with Gasteiger partial charge in [-0.3, -0.25) is 0 Å². The summed E-state index contributed by atoms with van der Waals surface area (Å²) in [6.45, 7) is 10.2. The molecule has 1 N–H and O–H groups in total. The van der Waals surface area contributed by atoms with E-state index in [1.807, 2.05) is 0 Å². The zero-order valence-corrected chi connectivity index (χ0v) is 12.8. The van der Waals surface area contributed by atoms with Crippen molar-refractivity contribution in [1.29, 1.82) is 0 Å². The molecular formula is C16H25NS. The van der Waals surface area contributed by atoms with Crippen molar-refractivity contribution in [3.05, 3.63) is 29.3 Å². The van der Waals surface area contributed by atoms with Crippen LogP contribution in [0.15, 0.2) is 23.1 Å². The number of nitrogens with one attached hydrogen (secondary N) is 1. The molecule has 100 valence electrons. The average molecular weight is 263 g/mol. The van der Waals surface area contributed by atoms with Crippen molar-refractivity contribution in [2.24, 2.45) is 0 Å². The summed E-state index contributed by atoms with van der Waals surface area (Å²) in [5.41, 5.74) is 3.00. The Morgan fingerprint density at radius 1 is 1.28 bits per heavy atom. The molecule has 18 heavy (non-hydrogen) atoms. The van der Waals surface area contributed by atoms with Crippen LogP contribution in [0.5, 0.6) is 0 Å². The van der Waals surface area contributed by atoms with Crippen LogP contribution in [0.4, 0.5) is 0 Å². The minimum absolute atomic E-state index is 0.550. The van der Waals surface area contributed by atoms with E-state index in [0.717, 1.165) is 6.54 Å². The lowest BCUT2D eigenvalue weighted by atomic mass is 9.96. The zero-order chi connectivity index (χ0) is 13.1. The van der Waals surface area contributed by atoms with Gasteiger partial charge < -0.3 is 5.32 Å². The van der Waals surface area contributed by atoms with E-state index in [9.17, 15) is 0 Å². The smallest absolute Gasteiger partial charge is 0.0455 e. The van der Waals surface area contributed by atoms with Gasteiger partial charge in [0.05, 0.1) is 0 Å². The third-order valence-electron chi connectivity index (χ3n) is 3.70. The molecule has 2 heteroatoms. The Kier molecular flexibility index (Phi) is 4.74. The second-order valence-corrected chi connectivity index (χ2v) is 6.73. The third kappa shape index (κ3) is 2.75. The fourth-order valence-corrected chi connectivity index (χ4v) is 3.91. The molecule has 1 aromatic rings. The van der Waals surface area contributed by atoms with Crippen LogP contribution in [0.3, 0.4) is 0 Å². The lowest BCUT2D eigenvalue weighted by Crippen LogP contribution is -2.27. The predicted octanol–water partition coefficient (Wildman–Crippen LogP) is 4.74.